The summed E-state index contributed by atoms with van der Waals surface area (Å²) in [7, 11) is 0. The average molecular weight is 548 g/mol. The fraction of sp³-hybridized carbons (Fsp3) is 0.0244. The van der Waals surface area contributed by atoms with E-state index in [1.807, 2.05) is 0 Å². The molecule has 8 aromatic rings. The molecule has 2 nitrogen and oxygen atoms in total. The fourth-order valence-corrected chi connectivity index (χ4v) is 8.03. The zero-order valence-corrected chi connectivity index (χ0v) is 23.3. The Morgan fingerprint density at radius 3 is 1.88 bits per heavy atom. The standard InChI is InChI=1S/C41H25NO/c1-2-11-27-25(10-1)20-22-38-39(27)31-24-26(21-23-37(31)43-38)42-36-19-9-18-35-40(36)30-14-5-8-17-34(30)41(35)32-15-6-3-12-28(32)29-13-4-7-16-33(29)41/h1-24,42H. The lowest BCUT2D eigenvalue weighted by atomic mass is 9.70. The Labute approximate surface area is 248 Å². The Morgan fingerprint density at radius 1 is 0.465 bits per heavy atom. The molecule has 1 spiro atoms. The van der Waals surface area contributed by atoms with E-state index >= 15 is 0 Å². The second-order valence-electron chi connectivity index (χ2n) is 11.7. The summed E-state index contributed by atoms with van der Waals surface area (Å²) >= 11 is 0. The van der Waals surface area contributed by atoms with Gasteiger partial charge in [-0.15, -0.1) is 0 Å². The van der Waals surface area contributed by atoms with Gasteiger partial charge in [-0.1, -0.05) is 115 Å². The van der Waals surface area contributed by atoms with Crippen LogP contribution in [0.5, 0.6) is 0 Å². The fourth-order valence-electron chi connectivity index (χ4n) is 8.03. The van der Waals surface area contributed by atoms with E-state index in [4.69, 9.17) is 4.42 Å². The molecule has 2 heteroatoms. The SMILES string of the molecule is c1ccc2c(c1)-c1ccccc1C21c2ccccc2-c2c(Nc3ccc4oc5ccc6ccccc6c5c4c3)cccc21. The number of anilines is 2. The molecule has 1 heterocycles. The van der Waals surface area contributed by atoms with E-state index < -0.39 is 0 Å². The van der Waals surface area contributed by atoms with Gasteiger partial charge < -0.3 is 9.73 Å². The summed E-state index contributed by atoms with van der Waals surface area (Å²) in [5.74, 6) is 0. The van der Waals surface area contributed by atoms with Gasteiger partial charge in [0.1, 0.15) is 11.2 Å². The molecular weight excluding hydrogens is 522 g/mol. The Bertz CT molecular complexity index is 2400. The van der Waals surface area contributed by atoms with E-state index in [1.165, 1.54) is 60.7 Å². The van der Waals surface area contributed by atoms with Crippen LogP contribution in [0.25, 0.3) is 55.0 Å². The number of nitrogens with one attached hydrogen (secondary N) is 1. The van der Waals surface area contributed by atoms with Gasteiger partial charge in [-0.25, -0.2) is 0 Å². The first-order valence-corrected chi connectivity index (χ1v) is 14.9. The lowest BCUT2D eigenvalue weighted by molar-refractivity contribution is 0.669. The molecule has 0 saturated carbocycles. The van der Waals surface area contributed by atoms with E-state index in [-0.39, 0.29) is 5.41 Å². The highest BCUT2D eigenvalue weighted by atomic mass is 16.3. The molecule has 7 aromatic carbocycles. The van der Waals surface area contributed by atoms with Gasteiger partial charge in [0, 0.05) is 27.7 Å². The molecule has 2 aliphatic carbocycles. The van der Waals surface area contributed by atoms with Crippen molar-refractivity contribution in [3.05, 3.63) is 168 Å². The van der Waals surface area contributed by atoms with Crippen LogP contribution in [0.15, 0.2) is 150 Å². The monoisotopic (exact) mass is 547 g/mol. The molecule has 0 atom stereocenters. The third kappa shape index (κ3) is 2.88. The van der Waals surface area contributed by atoms with Crippen LogP contribution in [0.1, 0.15) is 22.3 Å². The van der Waals surface area contributed by atoms with Gasteiger partial charge in [0.05, 0.1) is 5.41 Å². The van der Waals surface area contributed by atoms with Gasteiger partial charge in [-0.2, -0.15) is 0 Å². The first-order chi connectivity index (χ1) is 21.3. The molecule has 0 unspecified atom stereocenters. The van der Waals surface area contributed by atoms with Crippen molar-refractivity contribution in [3.8, 4) is 22.3 Å². The Hall–Kier alpha value is -5.60. The second-order valence-corrected chi connectivity index (χ2v) is 11.7. The molecule has 0 bridgehead atoms. The lowest BCUT2D eigenvalue weighted by Crippen LogP contribution is -2.25. The van der Waals surface area contributed by atoms with Crippen molar-refractivity contribution in [3.63, 3.8) is 0 Å². The summed E-state index contributed by atoms with van der Waals surface area (Å²) in [6.45, 7) is 0. The number of hydrogen-bond donors (Lipinski definition) is 1. The van der Waals surface area contributed by atoms with Crippen LogP contribution in [-0.4, -0.2) is 0 Å². The van der Waals surface area contributed by atoms with Crippen molar-refractivity contribution in [2.75, 3.05) is 5.32 Å². The predicted molar refractivity (Wildman–Crippen MR) is 177 cm³/mol. The average Bonchev–Trinajstić information content (AvgIpc) is 3.69. The highest BCUT2D eigenvalue weighted by molar-refractivity contribution is 6.19. The quantitative estimate of drug-likeness (QED) is 0.233. The van der Waals surface area contributed by atoms with E-state index in [2.05, 4.69) is 151 Å². The van der Waals surface area contributed by atoms with E-state index in [0.29, 0.717) is 0 Å². The molecular formula is C41H25NO. The summed E-state index contributed by atoms with van der Waals surface area (Å²) in [6, 6.07) is 52.8. The zero-order valence-electron chi connectivity index (χ0n) is 23.3. The lowest BCUT2D eigenvalue weighted by Gasteiger charge is -2.30. The van der Waals surface area contributed by atoms with Crippen molar-refractivity contribution >= 4 is 44.1 Å². The second kappa shape index (κ2) is 8.24. The summed E-state index contributed by atoms with van der Waals surface area (Å²) in [5, 5.41) is 8.58. The maximum absolute atomic E-state index is 6.29. The van der Waals surface area contributed by atoms with E-state index in [0.717, 1.165) is 27.9 Å². The predicted octanol–water partition coefficient (Wildman–Crippen LogP) is 10.8. The molecule has 1 aromatic heterocycles. The molecule has 0 fully saturated rings. The van der Waals surface area contributed by atoms with Gasteiger partial charge in [0.2, 0.25) is 0 Å². The van der Waals surface area contributed by atoms with Crippen molar-refractivity contribution in [2.45, 2.75) is 5.41 Å². The number of fused-ring (bicyclic) bond motifs is 15. The Morgan fingerprint density at radius 2 is 1.09 bits per heavy atom. The Balaban J connectivity index is 1.21. The molecule has 0 amide bonds. The third-order valence-corrected chi connectivity index (χ3v) is 9.66. The van der Waals surface area contributed by atoms with Gasteiger partial charge >= 0.3 is 0 Å². The maximum Gasteiger partial charge on any atom is 0.136 e. The van der Waals surface area contributed by atoms with Gasteiger partial charge in [-0.05, 0) is 80.0 Å². The highest BCUT2D eigenvalue weighted by Gasteiger charge is 2.51. The van der Waals surface area contributed by atoms with Gasteiger partial charge in [-0.3, -0.25) is 0 Å². The zero-order chi connectivity index (χ0) is 28.1. The molecule has 0 aliphatic heterocycles. The van der Waals surface area contributed by atoms with Crippen LogP contribution < -0.4 is 5.32 Å². The summed E-state index contributed by atoms with van der Waals surface area (Å²) < 4.78 is 6.29. The molecule has 200 valence electrons. The highest BCUT2D eigenvalue weighted by Crippen LogP contribution is 2.63. The van der Waals surface area contributed by atoms with Gasteiger partial charge in [0.25, 0.3) is 0 Å². The minimum Gasteiger partial charge on any atom is -0.456 e. The third-order valence-electron chi connectivity index (χ3n) is 9.66. The number of hydrogen-bond acceptors (Lipinski definition) is 2. The topological polar surface area (TPSA) is 25.2 Å². The Kier molecular flexibility index (Phi) is 4.41. The van der Waals surface area contributed by atoms with Gasteiger partial charge in [0.15, 0.2) is 0 Å². The van der Waals surface area contributed by atoms with Crippen LogP contribution in [0, 0.1) is 0 Å². The molecule has 0 radical (unpaired) electrons. The number of benzene rings is 7. The van der Waals surface area contributed by atoms with Crippen molar-refractivity contribution < 1.29 is 4.42 Å². The maximum atomic E-state index is 6.29. The minimum atomic E-state index is -0.347. The number of rotatable bonds is 2. The van der Waals surface area contributed by atoms with Crippen molar-refractivity contribution in [1.82, 2.24) is 0 Å². The van der Waals surface area contributed by atoms with E-state index in [9.17, 15) is 0 Å². The van der Waals surface area contributed by atoms with Crippen molar-refractivity contribution in [2.24, 2.45) is 0 Å². The molecule has 10 rings (SSSR count). The van der Waals surface area contributed by atoms with Crippen molar-refractivity contribution in [1.29, 1.82) is 0 Å². The summed E-state index contributed by atoms with van der Waals surface area (Å²) in [6.07, 6.45) is 0. The molecule has 2 aliphatic rings. The smallest absolute Gasteiger partial charge is 0.136 e. The first-order valence-electron chi connectivity index (χ1n) is 14.9. The molecule has 43 heavy (non-hydrogen) atoms. The van der Waals surface area contributed by atoms with Crippen LogP contribution in [0.4, 0.5) is 11.4 Å². The van der Waals surface area contributed by atoms with Crippen LogP contribution in [0.3, 0.4) is 0 Å². The van der Waals surface area contributed by atoms with E-state index in [1.54, 1.807) is 0 Å². The first kappa shape index (κ1) is 23.0. The largest absolute Gasteiger partial charge is 0.456 e. The minimum absolute atomic E-state index is 0.347. The van der Waals surface area contributed by atoms with Crippen LogP contribution in [-0.2, 0) is 5.41 Å². The normalized spacial score (nSPS) is 13.8. The van der Waals surface area contributed by atoms with Crippen LogP contribution in [0.2, 0.25) is 0 Å². The summed E-state index contributed by atoms with van der Waals surface area (Å²) in [4.78, 5) is 0. The number of furan rings is 1. The summed E-state index contributed by atoms with van der Waals surface area (Å²) in [5.41, 5.74) is 14.2. The molecule has 1 N–H and O–H groups in total. The molecule has 0 saturated heterocycles. The van der Waals surface area contributed by atoms with Crippen LogP contribution >= 0.6 is 0 Å².